The molecular formula is C17H12ClN3O3S. The third kappa shape index (κ3) is 2.92. The second kappa shape index (κ2) is 6.02. The first-order valence-corrected chi connectivity index (χ1v) is 9.23. The Morgan fingerprint density at radius 3 is 2.72 bits per heavy atom. The van der Waals surface area contributed by atoms with Gasteiger partial charge in [0, 0.05) is 17.3 Å². The molecule has 0 N–H and O–H groups in total. The highest BCUT2D eigenvalue weighted by Crippen LogP contribution is 2.34. The number of aromatic nitrogens is 2. The van der Waals surface area contributed by atoms with Crippen molar-refractivity contribution >= 4 is 27.4 Å². The summed E-state index contributed by atoms with van der Waals surface area (Å²) in [5.74, 6) is 0.723. The molecule has 0 aliphatic carbocycles. The molecule has 0 unspecified atom stereocenters. The molecule has 0 saturated heterocycles. The summed E-state index contributed by atoms with van der Waals surface area (Å²) in [6, 6.07) is 15.3. The molecule has 4 rings (SSSR count). The van der Waals surface area contributed by atoms with Gasteiger partial charge >= 0.3 is 6.01 Å². The van der Waals surface area contributed by atoms with Gasteiger partial charge in [-0.1, -0.05) is 35.9 Å². The summed E-state index contributed by atoms with van der Waals surface area (Å²) in [5, 5.41) is 0.520. The molecule has 3 aromatic rings. The van der Waals surface area contributed by atoms with Crippen molar-refractivity contribution in [2.24, 2.45) is 0 Å². The summed E-state index contributed by atoms with van der Waals surface area (Å²) in [6.45, 7) is 0.228. The van der Waals surface area contributed by atoms with Gasteiger partial charge < -0.3 is 4.74 Å². The SMILES string of the molecule is O=S1(=O)c2ccccc2CN1c1ccnc(Oc2cccc(Cl)c2)n1. The molecule has 0 spiro atoms. The van der Waals surface area contributed by atoms with E-state index < -0.39 is 10.0 Å². The van der Waals surface area contributed by atoms with Crippen LogP contribution in [0.25, 0.3) is 0 Å². The van der Waals surface area contributed by atoms with Crippen LogP contribution in [-0.2, 0) is 16.6 Å². The average Bonchev–Trinajstić information content (AvgIpc) is 2.87. The minimum Gasteiger partial charge on any atom is -0.424 e. The van der Waals surface area contributed by atoms with Gasteiger partial charge in [-0.15, -0.1) is 0 Å². The van der Waals surface area contributed by atoms with Gasteiger partial charge in [-0.05, 0) is 29.8 Å². The first-order valence-electron chi connectivity index (χ1n) is 7.41. The molecule has 8 heteroatoms. The van der Waals surface area contributed by atoms with E-state index in [-0.39, 0.29) is 18.4 Å². The van der Waals surface area contributed by atoms with Crippen LogP contribution in [0.15, 0.2) is 65.7 Å². The summed E-state index contributed by atoms with van der Waals surface area (Å²) in [4.78, 5) is 8.56. The number of halogens is 1. The van der Waals surface area contributed by atoms with Gasteiger partial charge in [-0.3, -0.25) is 0 Å². The Bertz CT molecular complexity index is 1060. The molecule has 1 aliphatic heterocycles. The fourth-order valence-electron chi connectivity index (χ4n) is 2.60. The van der Waals surface area contributed by atoms with Gasteiger partial charge in [0.2, 0.25) is 0 Å². The van der Waals surface area contributed by atoms with Gasteiger partial charge in [-0.25, -0.2) is 17.7 Å². The first-order chi connectivity index (χ1) is 12.0. The van der Waals surface area contributed by atoms with Crippen LogP contribution in [0.5, 0.6) is 11.8 Å². The van der Waals surface area contributed by atoms with Crippen LogP contribution in [-0.4, -0.2) is 18.4 Å². The van der Waals surface area contributed by atoms with E-state index >= 15 is 0 Å². The van der Waals surface area contributed by atoms with E-state index in [4.69, 9.17) is 16.3 Å². The van der Waals surface area contributed by atoms with E-state index in [1.54, 1.807) is 42.5 Å². The molecule has 126 valence electrons. The molecule has 1 aliphatic rings. The predicted octanol–water partition coefficient (Wildman–Crippen LogP) is 3.63. The molecule has 0 saturated carbocycles. The van der Waals surface area contributed by atoms with Crippen molar-refractivity contribution in [2.75, 3.05) is 4.31 Å². The number of benzene rings is 2. The fourth-order valence-corrected chi connectivity index (χ4v) is 4.39. The van der Waals surface area contributed by atoms with Crippen LogP contribution in [0, 0.1) is 0 Å². The summed E-state index contributed by atoms with van der Waals surface area (Å²) in [5.41, 5.74) is 0.735. The van der Waals surface area contributed by atoms with Crippen LogP contribution in [0.2, 0.25) is 5.02 Å². The second-order valence-corrected chi connectivity index (χ2v) is 7.64. The van der Waals surface area contributed by atoms with Gasteiger partial charge in [0.25, 0.3) is 10.0 Å². The van der Waals surface area contributed by atoms with E-state index in [1.165, 1.54) is 16.6 Å². The smallest absolute Gasteiger partial charge is 0.323 e. The number of nitrogens with zero attached hydrogens (tertiary/aromatic N) is 3. The Balaban J connectivity index is 1.67. The molecule has 2 heterocycles. The van der Waals surface area contributed by atoms with Gasteiger partial charge in [0.05, 0.1) is 11.4 Å². The largest absolute Gasteiger partial charge is 0.424 e. The number of anilines is 1. The van der Waals surface area contributed by atoms with E-state index in [9.17, 15) is 8.42 Å². The molecule has 0 amide bonds. The highest BCUT2D eigenvalue weighted by Gasteiger charge is 2.35. The number of fused-ring (bicyclic) bond motifs is 1. The van der Waals surface area contributed by atoms with Crippen molar-refractivity contribution < 1.29 is 13.2 Å². The molecule has 0 radical (unpaired) electrons. The average molecular weight is 374 g/mol. The van der Waals surface area contributed by atoms with Gasteiger partial charge in [0.1, 0.15) is 11.6 Å². The lowest BCUT2D eigenvalue weighted by molar-refractivity contribution is 0.442. The molecule has 0 bridgehead atoms. The Morgan fingerprint density at radius 1 is 1.08 bits per heavy atom. The molecule has 25 heavy (non-hydrogen) atoms. The van der Waals surface area contributed by atoms with Gasteiger partial charge in [-0.2, -0.15) is 4.98 Å². The molecule has 6 nitrogen and oxygen atoms in total. The van der Waals surface area contributed by atoms with Crippen molar-refractivity contribution in [3.05, 3.63) is 71.4 Å². The Labute approximate surface area is 149 Å². The summed E-state index contributed by atoms with van der Waals surface area (Å²) in [6.07, 6.45) is 1.46. The lowest BCUT2D eigenvalue weighted by Crippen LogP contribution is -2.24. The lowest BCUT2D eigenvalue weighted by Gasteiger charge is -2.16. The topological polar surface area (TPSA) is 72.4 Å². The zero-order chi connectivity index (χ0) is 17.4. The second-order valence-electron chi connectivity index (χ2n) is 5.38. The minimum atomic E-state index is -3.63. The standard InChI is InChI=1S/C17H12ClN3O3S/c18-13-5-3-6-14(10-13)24-17-19-9-8-16(20-17)21-11-12-4-1-2-7-15(12)25(21,22)23/h1-10H,11H2. The predicted molar refractivity (Wildman–Crippen MR) is 93.4 cm³/mol. The minimum absolute atomic E-state index is 0.0472. The van der Waals surface area contributed by atoms with Gasteiger partial charge in [0.15, 0.2) is 0 Å². The Kier molecular flexibility index (Phi) is 3.82. The molecule has 0 fully saturated rings. The van der Waals surface area contributed by atoms with Crippen LogP contribution in [0.4, 0.5) is 5.82 Å². The monoisotopic (exact) mass is 373 g/mol. The van der Waals surface area contributed by atoms with Crippen molar-refractivity contribution in [3.8, 4) is 11.8 Å². The van der Waals surface area contributed by atoms with Crippen LogP contribution < -0.4 is 9.04 Å². The van der Waals surface area contributed by atoms with E-state index in [2.05, 4.69) is 9.97 Å². The van der Waals surface area contributed by atoms with Crippen molar-refractivity contribution in [1.82, 2.24) is 9.97 Å². The van der Waals surface area contributed by atoms with E-state index in [1.807, 2.05) is 6.07 Å². The molecular weight excluding hydrogens is 362 g/mol. The number of sulfonamides is 1. The van der Waals surface area contributed by atoms with Crippen LogP contribution >= 0.6 is 11.6 Å². The van der Waals surface area contributed by atoms with Crippen molar-refractivity contribution in [2.45, 2.75) is 11.4 Å². The zero-order valence-electron chi connectivity index (χ0n) is 12.8. The quantitative estimate of drug-likeness (QED) is 0.701. The third-order valence-corrected chi connectivity index (χ3v) is 5.82. The highest BCUT2D eigenvalue weighted by molar-refractivity contribution is 7.93. The molecule has 0 atom stereocenters. The molecule has 1 aromatic heterocycles. The number of hydrogen-bond donors (Lipinski definition) is 0. The van der Waals surface area contributed by atoms with Crippen LogP contribution in [0.3, 0.4) is 0 Å². The van der Waals surface area contributed by atoms with Crippen molar-refractivity contribution in [3.63, 3.8) is 0 Å². The maximum absolute atomic E-state index is 12.7. The maximum atomic E-state index is 12.7. The lowest BCUT2D eigenvalue weighted by atomic mass is 10.2. The van der Waals surface area contributed by atoms with Crippen molar-refractivity contribution in [1.29, 1.82) is 0 Å². The third-order valence-electron chi connectivity index (χ3n) is 3.73. The highest BCUT2D eigenvalue weighted by atomic mass is 35.5. The fraction of sp³-hybridized carbons (Fsp3) is 0.0588. The number of rotatable bonds is 3. The maximum Gasteiger partial charge on any atom is 0.323 e. The summed E-state index contributed by atoms with van der Waals surface area (Å²) in [7, 11) is -3.63. The summed E-state index contributed by atoms with van der Waals surface area (Å²) >= 11 is 5.93. The number of hydrogen-bond acceptors (Lipinski definition) is 5. The van der Waals surface area contributed by atoms with Crippen LogP contribution in [0.1, 0.15) is 5.56 Å². The number of ether oxygens (including phenoxy) is 1. The molecule has 2 aromatic carbocycles. The zero-order valence-corrected chi connectivity index (χ0v) is 14.4. The van der Waals surface area contributed by atoms with E-state index in [0.29, 0.717) is 15.7 Å². The Hall–Kier alpha value is -2.64. The first kappa shape index (κ1) is 15.9. The van der Waals surface area contributed by atoms with E-state index in [0.717, 1.165) is 5.56 Å². The normalized spacial score (nSPS) is 15.0. The summed E-state index contributed by atoms with van der Waals surface area (Å²) < 4.78 is 32.2. The Morgan fingerprint density at radius 2 is 1.92 bits per heavy atom.